The average Bonchev–Trinajstić information content (AvgIpc) is 2.03. The maximum atomic E-state index is 10.9. The van der Waals surface area contributed by atoms with Gasteiger partial charge in [-0.15, -0.1) is 0 Å². The van der Waals surface area contributed by atoms with Crippen molar-refractivity contribution in [3.8, 4) is 5.75 Å². The quantitative estimate of drug-likeness (QED) is 0.602. The summed E-state index contributed by atoms with van der Waals surface area (Å²) in [6.45, 7) is 0. The molecule has 0 aromatic heterocycles. The third kappa shape index (κ3) is 0.827. The van der Waals surface area contributed by atoms with Crippen molar-refractivity contribution in [2.24, 2.45) is 0 Å². The predicted molar refractivity (Wildman–Crippen MR) is 41.0 cm³/mol. The van der Waals surface area contributed by atoms with Gasteiger partial charge in [0.2, 0.25) is 0 Å². The molecular weight excluding hydrogens is 140 g/mol. The van der Waals surface area contributed by atoms with Crippen LogP contribution in [0.4, 0.5) is 0 Å². The Hall–Kier alpha value is -1.31. The number of ether oxygens (including phenoxy) is 1. The molecule has 1 aliphatic rings. The molecule has 0 bridgehead atoms. The molecule has 1 aromatic carbocycles. The Bertz CT molecular complexity index is 315. The van der Waals surface area contributed by atoms with Crippen LogP contribution in [0.2, 0.25) is 0 Å². The number of carbonyl (C=O) groups is 1. The molecule has 0 unspecified atom stereocenters. The van der Waals surface area contributed by atoms with Gasteiger partial charge < -0.3 is 4.74 Å². The van der Waals surface area contributed by atoms with E-state index in [1.807, 2.05) is 12.1 Å². The van der Waals surface area contributed by atoms with E-state index in [4.69, 9.17) is 4.74 Å². The zero-order valence-corrected chi connectivity index (χ0v) is 6.26. The predicted octanol–water partition coefficient (Wildman–Crippen LogP) is 1.43. The second-order valence-electron chi connectivity index (χ2n) is 2.62. The highest BCUT2D eigenvalue weighted by Gasteiger charge is 2.22. The van der Waals surface area contributed by atoms with Gasteiger partial charge >= 0.3 is 0 Å². The Morgan fingerprint density at radius 2 is 2.27 bits per heavy atom. The number of Topliss-reactive ketones (excluding diaryl/α,β-unsaturated/α-hetero) is 1. The van der Waals surface area contributed by atoms with E-state index in [1.165, 1.54) is 0 Å². The number of benzene rings is 1. The first-order valence-electron chi connectivity index (χ1n) is 3.51. The van der Waals surface area contributed by atoms with Gasteiger partial charge in [0, 0.05) is 12.0 Å². The first-order chi connectivity index (χ1) is 5.31. The normalized spacial score (nSPS) is 13.7. The lowest BCUT2D eigenvalue weighted by molar-refractivity contribution is 0.0967. The summed E-state index contributed by atoms with van der Waals surface area (Å²) in [5.74, 6) is 0.982. The summed E-state index contributed by atoms with van der Waals surface area (Å²) < 4.78 is 4.98. The Morgan fingerprint density at radius 1 is 1.45 bits per heavy atom. The SMILES string of the molecule is COc1ccc2c(c1)C(=O)C2. The molecule has 0 amide bonds. The van der Waals surface area contributed by atoms with Gasteiger partial charge in [0.1, 0.15) is 5.75 Å². The third-order valence-electron chi connectivity index (χ3n) is 1.97. The lowest BCUT2D eigenvalue weighted by Gasteiger charge is -2.17. The van der Waals surface area contributed by atoms with Crippen LogP contribution in [0.25, 0.3) is 0 Å². The van der Waals surface area contributed by atoms with Crippen LogP contribution in [-0.4, -0.2) is 12.9 Å². The van der Waals surface area contributed by atoms with E-state index in [2.05, 4.69) is 0 Å². The Labute approximate surface area is 64.8 Å². The first-order valence-corrected chi connectivity index (χ1v) is 3.51. The molecule has 0 N–H and O–H groups in total. The lowest BCUT2D eigenvalue weighted by atomic mass is 9.87. The number of fused-ring (bicyclic) bond motifs is 1. The van der Waals surface area contributed by atoms with Crippen molar-refractivity contribution in [3.63, 3.8) is 0 Å². The van der Waals surface area contributed by atoms with Crippen molar-refractivity contribution < 1.29 is 9.53 Å². The van der Waals surface area contributed by atoms with Crippen molar-refractivity contribution >= 4 is 5.78 Å². The zero-order valence-electron chi connectivity index (χ0n) is 6.26. The maximum absolute atomic E-state index is 10.9. The molecular formula is C9H8O2. The highest BCUT2D eigenvalue weighted by atomic mass is 16.5. The monoisotopic (exact) mass is 148 g/mol. The fraction of sp³-hybridized carbons (Fsp3) is 0.222. The van der Waals surface area contributed by atoms with E-state index in [0.717, 1.165) is 16.9 Å². The van der Waals surface area contributed by atoms with Gasteiger partial charge in [-0.1, -0.05) is 6.07 Å². The Kier molecular flexibility index (Phi) is 1.22. The summed E-state index contributed by atoms with van der Waals surface area (Å²) in [6.07, 6.45) is 0.597. The van der Waals surface area contributed by atoms with Crippen LogP contribution in [0.3, 0.4) is 0 Å². The van der Waals surface area contributed by atoms with E-state index in [1.54, 1.807) is 13.2 Å². The van der Waals surface area contributed by atoms with Crippen LogP contribution < -0.4 is 4.74 Å². The smallest absolute Gasteiger partial charge is 0.167 e. The molecule has 11 heavy (non-hydrogen) atoms. The van der Waals surface area contributed by atoms with Crippen LogP contribution in [0.1, 0.15) is 15.9 Å². The van der Waals surface area contributed by atoms with Gasteiger partial charge in [-0.2, -0.15) is 0 Å². The summed E-state index contributed by atoms with van der Waals surface area (Å²) in [5, 5.41) is 0. The molecule has 1 aromatic rings. The molecule has 0 saturated carbocycles. The Morgan fingerprint density at radius 3 is 2.91 bits per heavy atom. The second kappa shape index (κ2) is 2.09. The van der Waals surface area contributed by atoms with Crippen molar-refractivity contribution in [2.75, 3.05) is 7.11 Å². The number of carbonyl (C=O) groups excluding carboxylic acids is 1. The zero-order chi connectivity index (χ0) is 7.84. The van der Waals surface area contributed by atoms with E-state index in [9.17, 15) is 4.79 Å². The van der Waals surface area contributed by atoms with Gasteiger partial charge in [0.05, 0.1) is 7.11 Å². The summed E-state index contributed by atoms with van der Waals surface area (Å²) in [5.41, 5.74) is 1.96. The molecule has 0 heterocycles. The molecule has 0 spiro atoms. The largest absolute Gasteiger partial charge is 0.497 e. The third-order valence-corrected chi connectivity index (χ3v) is 1.97. The average molecular weight is 148 g/mol. The van der Waals surface area contributed by atoms with Crippen LogP contribution in [0, 0.1) is 0 Å². The number of hydrogen-bond acceptors (Lipinski definition) is 2. The minimum absolute atomic E-state index is 0.221. The topological polar surface area (TPSA) is 26.3 Å². The molecule has 1 aliphatic carbocycles. The minimum Gasteiger partial charge on any atom is -0.497 e. The van der Waals surface area contributed by atoms with Crippen LogP contribution in [-0.2, 0) is 6.42 Å². The lowest BCUT2D eigenvalue weighted by Crippen LogP contribution is -2.18. The molecule has 0 radical (unpaired) electrons. The van der Waals surface area contributed by atoms with Gasteiger partial charge in [0.15, 0.2) is 5.78 Å². The number of ketones is 1. The first kappa shape index (κ1) is 6.40. The molecule has 56 valence electrons. The van der Waals surface area contributed by atoms with Crippen LogP contribution in [0.5, 0.6) is 5.75 Å². The fourth-order valence-electron chi connectivity index (χ4n) is 1.26. The minimum atomic E-state index is 0.221. The van der Waals surface area contributed by atoms with E-state index < -0.39 is 0 Å². The van der Waals surface area contributed by atoms with Gasteiger partial charge in [-0.05, 0) is 17.7 Å². The number of hydrogen-bond donors (Lipinski definition) is 0. The maximum Gasteiger partial charge on any atom is 0.167 e. The number of rotatable bonds is 1. The number of methoxy groups -OCH3 is 1. The summed E-state index contributed by atoms with van der Waals surface area (Å²) >= 11 is 0. The summed E-state index contributed by atoms with van der Waals surface area (Å²) in [6, 6.07) is 5.61. The van der Waals surface area contributed by atoms with Crippen molar-refractivity contribution in [1.82, 2.24) is 0 Å². The standard InChI is InChI=1S/C9H8O2/c1-11-7-3-2-6-4-9(10)8(6)5-7/h2-3,5H,4H2,1H3. The van der Waals surface area contributed by atoms with Crippen molar-refractivity contribution in [3.05, 3.63) is 29.3 Å². The van der Waals surface area contributed by atoms with Gasteiger partial charge in [-0.25, -0.2) is 0 Å². The highest BCUT2D eigenvalue weighted by Crippen LogP contribution is 2.26. The molecule has 2 nitrogen and oxygen atoms in total. The van der Waals surface area contributed by atoms with E-state index >= 15 is 0 Å². The molecule has 2 heteroatoms. The van der Waals surface area contributed by atoms with Gasteiger partial charge in [0.25, 0.3) is 0 Å². The molecule has 0 fully saturated rings. The summed E-state index contributed by atoms with van der Waals surface area (Å²) in [7, 11) is 1.60. The van der Waals surface area contributed by atoms with E-state index in [0.29, 0.717) is 6.42 Å². The highest BCUT2D eigenvalue weighted by molar-refractivity contribution is 6.06. The molecule has 2 rings (SSSR count). The van der Waals surface area contributed by atoms with Crippen molar-refractivity contribution in [2.45, 2.75) is 6.42 Å². The molecule has 0 atom stereocenters. The molecule has 0 aliphatic heterocycles. The summed E-state index contributed by atoms with van der Waals surface area (Å²) in [4.78, 5) is 10.9. The fourth-order valence-corrected chi connectivity index (χ4v) is 1.26. The van der Waals surface area contributed by atoms with Gasteiger partial charge in [-0.3, -0.25) is 4.79 Å². The van der Waals surface area contributed by atoms with Crippen LogP contribution >= 0.6 is 0 Å². The Balaban J connectivity index is 2.48. The molecule has 0 saturated heterocycles. The van der Waals surface area contributed by atoms with Crippen LogP contribution in [0.15, 0.2) is 18.2 Å². The second-order valence-corrected chi connectivity index (χ2v) is 2.62. The van der Waals surface area contributed by atoms with Crippen molar-refractivity contribution in [1.29, 1.82) is 0 Å². The van der Waals surface area contributed by atoms with E-state index in [-0.39, 0.29) is 5.78 Å².